The molecule has 1 N–H and O–H groups in total. The van der Waals surface area contributed by atoms with E-state index in [9.17, 15) is 0 Å². The molecule has 2 aromatic rings. The zero-order valence-electron chi connectivity index (χ0n) is 12.6. The number of hydrogen-bond donors (Lipinski definition) is 1. The molecule has 0 aliphatic carbocycles. The fraction of sp³-hybridized carbons (Fsp3) is 0.375. The predicted molar refractivity (Wildman–Crippen MR) is 84.8 cm³/mol. The van der Waals surface area contributed by atoms with Crippen LogP contribution in [0.25, 0.3) is 0 Å². The predicted octanol–water partition coefficient (Wildman–Crippen LogP) is 3.68. The number of anilines is 3. The summed E-state index contributed by atoms with van der Waals surface area (Å²) in [6.07, 6.45) is 1.80. The van der Waals surface area contributed by atoms with E-state index in [0.717, 1.165) is 24.6 Å². The molecule has 1 heterocycles. The minimum Gasteiger partial charge on any atom is -0.357 e. The number of hydrogen-bond acceptors (Lipinski definition) is 4. The molecule has 106 valence electrons. The second-order valence-corrected chi connectivity index (χ2v) is 4.80. The SMILES string of the molecule is CCN(CC)c1ccnc(Nc2c(C)cccc2C)n1. The van der Waals surface area contributed by atoms with Crippen molar-refractivity contribution in [3.05, 3.63) is 41.6 Å². The van der Waals surface area contributed by atoms with Gasteiger partial charge in [0.1, 0.15) is 5.82 Å². The minimum atomic E-state index is 0.645. The van der Waals surface area contributed by atoms with Gasteiger partial charge in [-0.05, 0) is 44.9 Å². The first-order chi connectivity index (χ1) is 9.65. The van der Waals surface area contributed by atoms with Gasteiger partial charge in [-0.25, -0.2) is 4.98 Å². The highest BCUT2D eigenvalue weighted by Gasteiger charge is 2.07. The number of nitrogens with zero attached hydrogens (tertiary/aromatic N) is 3. The average Bonchev–Trinajstić information content (AvgIpc) is 2.45. The van der Waals surface area contributed by atoms with Crippen LogP contribution in [0, 0.1) is 13.8 Å². The number of aryl methyl sites for hydroxylation is 2. The maximum Gasteiger partial charge on any atom is 0.229 e. The fourth-order valence-electron chi connectivity index (χ4n) is 2.26. The molecule has 2 rings (SSSR count). The highest BCUT2D eigenvalue weighted by molar-refractivity contribution is 5.63. The highest BCUT2D eigenvalue weighted by atomic mass is 15.2. The van der Waals surface area contributed by atoms with E-state index in [1.807, 2.05) is 6.07 Å². The van der Waals surface area contributed by atoms with E-state index >= 15 is 0 Å². The third-order valence-corrected chi connectivity index (χ3v) is 3.45. The van der Waals surface area contributed by atoms with Gasteiger partial charge < -0.3 is 10.2 Å². The second-order valence-electron chi connectivity index (χ2n) is 4.80. The first-order valence-corrected chi connectivity index (χ1v) is 7.07. The van der Waals surface area contributed by atoms with Crippen LogP contribution in [0.2, 0.25) is 0 Å². The summed E-state index contributed by atoms with van der Waals surface area (Å²) in [7, 11) is 0. The van der Waals surface area contributed by atoms with E-state index in [1.165, 1.54) is 11.1 Å². The zero-order chi connectivity index (χ0) is 14.5. The monoisotopic (exact) mass is 270 g/mol. The van der Waals surface area contributed by atoms with Crippen LogP contribution in [0.4, 0.5) is 17.5 Å². The van der Waals surface area contributed by atoms with Gasteiger partial charge in [0.05, 0.1) is 0 Å². The summed E-state index contributed by atoms with van der Waals surface area (Å²) in [5, 5.41) is 3.34. The molecule has 0 atom stereocenters. The molecular formula is C16H22N4. The molecule has 0 saturated carbocycles. The van der Waals surface area contributed by atoms with E-state index in [0.29, 0.717) is 5.95 Å². The lowest BCUT2D eigenvalue weighted by Gasteiger charge is -2.20. The first kappa shape index (κ1) is 14.3. The Hall–Kier alpha value is -2.10. The second kappa shape index (κ2) is 6.37. The summed E-state index contributed by atoms with van der Waals surface area (Å²) in [5.74, 6) is 1.60. The Labute approximate surface area is 120 Å². The van der Waals surface area contributed by atoms with Gasteiger partial charge in [0.25, 0.3) is 0 Å². The Morgan fingerprint density at radius 1 is 1.05 bits per heavy atom. The van der Waals surface area contributed by atoms with Crippen LogP contribution in [-0.4, -0.2) is 23.1 Å². The molecule has 0 fully saturated rings. The Morgan fingerprint density at radius 2 is 1.70 bits per heavy atom. The summed E-state index contributed by atoms with van der Waals surface area (Å²) in [6.45, 7) is 10.3. The van der Waals surface area contributed by atoms with Gasteiger partial charge in [0.2, 0.25) is 5.95 Å². The molecule has 0 radical (unpaired) electrons. The maximum atomic E-state index is 4.60. The van der Waals surface area contributed by atoms with Crippen molar-refractivity contribution in [1.82, 2.24) is 9.97 Å². The molecule has 20 heavy (non-hydrogen) atoms. The Kier molecular flexibility index (Phi) is 4.56. The van der Waals surface area contributed by atoms with Crippen molar-refractivity contribution in [3.8, 4) is 0 Å². The molecule has 0 aliphatic heterocycles. The Balaban J connectivity index is 2.28. The molecule has 0 spiro atoms. The van der Waals surface area contributed by atoms with E-state index < -0.39 is 0 Å². The zero-order valence-corrected chi connectivity index (χ0v) is 12.6. The third-order valence-electron chi connectivity index (χ3n) is 3.45. The lowest BCUT2D eigenvalue weighted by Crippen LogP contribution is -2.23. The van der Waals surface area contributed by atoms with Crippen LogP contribution in [0.3, 0.4) is 0 Å². The molecule has 1 aromatic carbocycles. The molecule has 4 nitrogen and oxygen atoms in total. The normalized spacial score (nSPS) is 10.4. The largest absolute Gasteiger partial charge is 0.357 e. The van der Waals surface area contributed by atoms with Crippen molar-refractivity contribution >= 4 is 17.5 Å². The third kappa shape index (κ3) is 3.07. The van der Waals surface area contributed by atoms with Gasteiger partial charge in [-0.3, -0.25) is 0 Å². The standard InChI is InChI=1S/C16H22N4/c1-5-20(6-2)14-10-11-17-16(18-14)19-15-12(3)8-7-9-13(15)4/h7-11H,5-6H2,1-4H3,(H,17,18,19). The maximum absolute atomic E-state index is 4.60. The van der Waals surface area contributed by atoms with Crippen LogP contribution in [0.1, 0.15) is 25.0 Å². The highest BCUT2D eigenvalue weighted by Crippen LogP contribution is 2.23. The van der Waals surface area contributed by atoms with Gasteiger partial charge in [-0.2, -0.15) is 4.98 Å². The smallest absolute Gasteiger partial charge is 0.229 e. The van der Waals surface area contributed by atoms with Gasteiger partial charge in [0.15, 0.2) is 0 Å². The number of rotatable bonds is 5. The van der Waals surface area contributed by atoms with Crippen molar-refractivity contribution in [1.29, 1.82) is 0 Å². The van der Waals surface area contributed by atoms with E-state index in [4.69, 9.17) is 0 Å². The van der Waals surface area contributed by atoms with Crippen molar-refractivity contribution in [2.24, 2.45) is 0 Å². The summed E-state index contributed by atoms with van der Waals surface area (Å²) >= 11 is 0. The molecule has 4 heteroatoms. The van der Waals surface area contributed by atoms with Crippen molar-refractivity contribution in [2.45, 2.75) is 27.7 Å². The van der Waals surface area contributed by atoms with Gasteiger partial charge >= 0.3 is 0 Å². The molecule has 0 aliphatic rings. The van der Waals surface area contributed by atoms with Crippen LogP contribution in [-0.2, 0) is 0 Å². The Morgan fingerprint density at radius 3 is 2.30 bits per heavy atom. The van der Waals surface area contributed by atoms with Crippen molar-refractivity contribution in [3.63, 3.8) is 0 Å². The van der Waals surface area contributed by atoms with Gasteiger partial charge in [0, 0.05) is 25.0 Å². The number of benzene rings is 1. The van der Waals surface area contributed by atoms with Gasteiger partial charge in [-0.1, -0.05) is 18.2 Å². The van der Waals surface area contributed by atoms with Crippen LogP contribution in [0.15, 0.2) is 30.5 Å². The lowest BCUT2D eigenvalue weighted by atomic mass is 10.1. The van der Waals surface area contributed by atoms with Crippen molar-refractivity contribution < 1.29 is 0 Å². The lowest BCUT2D eigenvalue weighted by molar-refractivity contribution is 0.843. The summed E-state index contributed by atoms with van der Waals surface area (Å²) in [6, 6.07) is 8.18. The summed E-state index contributed by atoms with van der Waals surface area (Å²) in [4.78, 5) is 11.1. The first-order valence-electron chi connectivity index (χ1n) is 7.07. The summed E-state index contributed by atoms with van der Waals surface area (Å²) in [5.41, 5.74) is 3.48. The molecule has 0 saturated heterocycles. The summed E-state index contributed by atoms with van der Waals surface area (Å²) < 4.78 is 0. The number of para-hydroxylation sites is 1. The van der Waals surface area contributed by atoms with Crippen LogP contribution >= 0.6 is 0 Å². The van der Waals surface area contributed by atoms with E-state index in [-0.39, 0.29) is 0 Å². The number of aromatic nitrogens is 2. The molecule has 0 bridgehead atoms. The number of nitrogens with one attached hydrogen (secondary N) is 1. The fourth-order valence-corrected chi connectivity index (χ4v) is 2.26. The minimum absolute atomic E-state index is 0.645. The topological polar surface area (TPSA) is 41.1 Å². The molecule has 0 unspecified atom stereocenters. The average molecular weight is 270 g/mol. The van der Waals surface area contributed by atoms with E-state index in [1.54, 1.807) is 6.20 Å². The molecule has 0 amide bonds. The van der Waals surface area contributed by atoms with Crippen LogP contribution < -0.4 is 10.2 Å². The Bertz CT molecular complexity index is 556. The molecule has 1 aromatic heterocycles. The molecular weight excluding hydrogens is 248 g/mol. The van der Waals surface area contributed by atoms with Crippen molar-refractivity contribution in [2.75, 3.05) is 23.3 Å². The quantitative estimate of drug-likeness (QED) is 0.899. The van der Waals surface area contributed by atoms with E-state index in [2.05, 4.69) is 66.1 Å². The van der Waals surface area contributed by atoms with Crippen LogP contribution in [0.5, 0.6) is 0 Å². The van der Waals surface area contributed by atoms with Gasteiger partial charge in [-0.15, -0.1) is 0 Å².